The lowest BCUT2D eigenvalue weighted by atomic mass is 9.98. The SMILES string of the molecule is Cc1nc(C)c(C(=O)N2CCCC(CN)C2)s1.Cl.Cl. The molecule has 0 aliphatic carbocycles. The number of aromatic nitrogens is 1. The van der Waals surface area contributed by atoms with Crippen molar-refractivity contribution >= 4 is 42.1 Å². The highest BCUT2D eigenvalue weighted by Crippen LogP contribution is 2.22. The number of nitrogens with zero attached hydrogens (tertiary/aromatic N) is 2. The lowest BCUT2D eigenvalue weighted by Gasteiger charge is -2.31. The van der Waals surface area contributed by atoms with Gasteiger partial charge < -0.3 is 10.6 Å². The predicted molar refractivity (Wildman–Crippen MR) is 83.8 cm³/mol. The fourth-order valence-electron chi connectivity index (χ4n) is 2.32. The molecule has 110 valence electrons. The van der Waals surface area contributed by atoms with Gasteiger partial charge in [0.15, 0.2) is 0 Å². The van der Waals surface area contributed by atoms with Crippen molar-refractivity contribution in [3.8, 4) is 0 Å². The zero-order valence-electron chi connectivity index (χ0n) is 11.2. The highest BCUT2D eigenvalue weighted by Gasteiger charge is 2.26. The number of aryl methyl sites for hydroxylation is 2. The second kappa shape index (κ2) is 8.04. The summed E-state index contributed by atoms with van der Waals surface area (Å²) in [6.45, 7) is 6.16. The van der Waals surface area contributed by atoms with Crippen LogP contribution < -0.4 is 5.73 Å². The largest absolute Gasteiger partial charge is 0.338 e. The number of amides is 1. The number of carbonyl (C=O) groups is 1. The first-order valence-corrected chi connectivity index (χ1v) is 6.87. The Morgan fingerprint density at radius 1 is 1.47 bits per heavy atom. The maximum atomic E-state index is 12.4. The van der Waals surface area contributed by atoms with Crippen LogP contribution in [0.25, 0.3) is 0 Å². The summed E-state index contributed by atoms with van der Waals surface area (Å²) in [5, 5.41) is 0.957. The maximum Gasteiger partial charge on any atom is 0.265 e. The fraction of sp³-hybridized carbons (Fsp3) is 0.667. The summed E-state index contributed by atoms with van der Waals surface area (Å²) in [5.74, 6) is 0.591. The molecule has 4 nitrogen and oxygen atoms in total. The van der Waals surface area contributed by atoms with Crippen LogP contribution in [0.3, 0.4) is 0 Å². The van der Waals surface area contributed by atoms with E-state index in [1.165, 1.54) is 11.3 Å². The van der Waals surface area contributed by atoms with Gasteiger partial charge in [-0.25, -0.2) is 4.98 Å². The van der Waals surface area contributed by atoms with Crippen molar-refractivity contribution in [1.82, 2.24) is 9.88 Å². The van der Waals surface area contributed by atoms with E-state index in [0.29, 0.717) is 12.5 Å². The van der Waals surface area contributed by atoms with Crippen molar-refractivity contribution in [2.75, 3.05) is 19.6 Å². The average Bonchev–Trinajstić information content (AvgIpc) is 2.67. The third kappa shape index (κ3) is 4.31. The topological polar surface area (TPSA) is 59.2 Å². The van der Waals surface area contributed by atoms with Crippen LogP contribution in [0.5, 0.6) is 0 Å². The highest BCUT2D eigenvalue weighted by molar-refractivity contribution is 7.13. The number of rotatable bonds is 2. The van der Waals surface area contributed by atoms with Gasteiger partial charge in [-0.3, -0.25) is 4.79 Å². The Balaban J connectivity index is 0.00000162. The first-order valence-electron chi connectivity index (χ1n) is 6.05. The van der Waals surface area contributed by atoms with E-state index < -0.39 is 0 Å². The van der Waals surface area contributed by atoms with Crippen LogP contribution >= 0.6 is 36.2 Å². The maximum absolute atomic E-state index is 12.4. The Kier molecular flexibility index (Phi) is 7.89. The van der Waals surface area contributed by atoms with Crippen LogP contribution in [0.2, 0.25) is 0 Å². The van der Waals surface area contributed by atoms with Gasteiger partial charge in [0.2, 0.25) is 0 Å². The van der Waals surface area contributed by atoms with Crippen molar-refractivity contribution in [3.05, 3.63) is 15.6 Å². The van der Waals surface area contributed by atoms with Crippen LogP contribution in [-0.2, 0) is 0 Å². The lowest BCUT2D eigenvalue weighted by Crippen LogP contribution is -2.42. The number of nitrogens with two attached hydrogens (primary N) is 1. The smallest absolute Gasteiger partial charge is 0.265 e. The Morgan fingerprint density at radius 2 is 2.16 bits per heavy atom. The molecule has 0 spiro atoms. The molecule has 1 aliphatic heterocycles. The Hall–Kier alpha value is -0.360. The van der Waals surface area contributed by atoms with Crippen LogP contribution in [0.15, 0.2) is 0 Å². The first-order chi connectivity index (χ1) is 8.11. The van der Waals surface area contributed by atoms with Gasteiger partial charge in [0.25, 0.3) is 5.91 Å². The van der Waals surface area contributed by atoms with Crippen molar-refractivity contribution < 1.29 is 4.79 Å². The molecule has 2 heterocycles. The van der Waals surface area contributed by atoms with Gasteiger partial charge >= 0.3 is 0 Å². The van der Waals surface area contributed by atoms with Gasteiger partial charge in [-0.1, -0.05) is 0 Å². The van der Waals surface area contributed by atoms with Gasteiger partial charge in [0.05, 0.1) is 10.7 Å². The van der Waals surface area contributed by atoms with Crippen LogP contribution in [-0.4, -0.2) is 35.4 Å². The zero-order valence-corrected chi connectivity index (χ0v) is 13.7. The number of thiazole rings is 1. The van der Waals surface area contributed by atoms with Crippen LogP contribution in [0.1, 0.15) is 33.2 Å². The summed E-state index contributed by atoms with van der Waals surface area (Å²) in [6, 6.07) is 0. The normalized spacial score (nSPS) is 18.5. The lowest BCUT2D eigenvalue weighted by molar-refractivity contribution is 0.0682. The Morgan fingerprint density at radius 3 is 2.68 bits per heavy atom. The van der Waals surface area contributed by atoms with Crippen molar-refractivity contribution in [3.63, 3.8) is 0 Å². The summed E-state index contributed by atoms with van der Waals surface area (Å²) < 4.78 is 0. The van der Waals surface area contributed by atoms with E-state index >= 15 is 0 Å². The van der Waals surface area contributed by atoms with E-state index in [1.54, 1.807) is 0 Å². The summed E-state index contributed by atoms with van der Waals surface area (Å²) in [5.41, 5.74) is 6.54. The first kappa shape index (κ1) is 18.6. The van der Waals surface area contributed by atoms with E-state index in [2.05, 4.69) is 4.98 Å². The number of halogens is 2. The third-order valence-corrected chi connectivity index (χ3v) is 4.30. The monoisotopic (exact) mass is 325 g/mol. The molecule has 1 atom stereocenters. The zero-order chi connectivity index (χ0) is 12.4. The second-order valence-electron chi connectivity index (χ2n) is 4.64. The molecule has 0 bridgehead atoms. The van der Waals surface area contributed by atoms with Gasteiger partial charge in [-0.15, -0.1) is 36.2 Å². The molecule has 1 aliphatic rings. The molecule has 1 unspecified atom stereocenters. The molecular formula is C12H21Cl2N3OS. The van der Waals surface area contributed by atoms with Gasteiger partial charge in [-0.05, 0) is 39.2 Å². The second-order valence-corrected chi connectivity index (χ2v) is 5.85. The van der Waals surface area contributed by atoms with Gasteiger partial charge in [0.1, 0.15) is 4.88 Å². The molecule has 2 rings (SSSR count). The quantitative estimate of drug-likeness (QED) is 0.908. The molecule has 1 amide bonds. The predicted octanol–water partition coefficient (Wildman–Crippen LogP) is 2.41. The molecule has 1 aromatic heterocycles. The van der Waals surface area contributed by atoms with E-state index in [4.69, 9.17) is 5.73 Å². The van der Waals surface area contributed by atoms with Crippen molar-refractivity contribution in [1.29, 1.82) is 0 Å². The molecule has 2 N–H and O–H groups in total. The number of carbonyl (C=O) groups excluding carboxylic acids is 1. The molecule has 7 heteroatoms. The molecular weight excluding hydrogens is 305 g/mol. The minimum atomic E-state index is 0. The number of likely N-dealkylation sites (tertiary alicyclic amines) is 1. The Labute approximate surface area is 130 Å². The molecule has 1 aromatic rings. The molecule has 1 saturated heterocycles. The van der Waals surface area contributed by atoms with Crippen molar-refractivity contribution in [2.45, 2.75) is 26.7 Å². The Bertz CT molecular complexity index is 425. The molecule has 0 radical (unpaired) electrons. The van der Waals surface area contributed by atoms with Crippen LogP contribution in [0, 0.1) is 19.8 Å². The molecule has 0 saturated carbocycles. The van der Waals surface area contributed by atoms with Gasteiger partial charge in [0, 0.05) is 13.1 Å². The van der Waals surface area contributed by atoms with E-state index in [-0.39, 0.29) is 30.7 Å². The number of piperidine rings is 1. The van der Waals surface area contributed by atoms with E-state index in [1.807, 2.05) is 18.7 Å². The number of hydrogen-bond donors (Lipinski definition) is 1. The standard InChI is InChI=1S/C12H19N3OS.2ClH/c1-8-11(17-9(2)14-8)12(16)15-5-3-4-10(6-13)7-15;;/h10H,3-7,13H2,1-2H3;2*1H. The van der Waals surface area contributed by atoms with E-state index in [9.17, 15) is 4.79 Å². The molecule has 1 fully saturated rings. The summed E-state index contributed by atoms with van der Waals surface area (Å²) in [7, 11) is 0. The van der Waals surface area contributed by atoms with E-state index in [0.717, 1.165) is 41.5 Å². The molecule has 0 aromatic carbocycles. The summed E-state index contributed by atoms with van der Waals surface area (Å²) in [6.07, 6.45) is 2.20. The average molecular weight is 326 g/mol. The fourth-order valence-corrected chi connectivity index (χ4v) is 3.20. The highest BCUT2D eigenvalue weighted by atomic mass is 35.5. The number of hydrogen-bond acceptors (Lipinski definition) is 4. The minimum absolute atomic E-state index is 0. The molecule has 19 heavy (non-hydrogen) atoms. The third-order valence-electron chi connectivity index (χ3n) is 3.24. The minimum Gasteiger partial charge on any atom is -0.338 e. The van der Waals surface area contributed by atoms with Gasteiger partial charge in [-0.2, -0.15) is 0 Å². The van der Waals surface area contributed by atoms with Crippen molar-refractivity contribution in [2.24, 2.45) is 11.7 Å². The summed E-state index contributed by atoms with van der Waals surface area (Å²) >= 11 is 1.49. The summed E-state index contributed by atoms with van der Waals surface area (Å²) in [4.78, 5) is 19.4. The van der Waals surface area contributed by atoms with Crippen LogP contribution in [0.4, 0.5) is 0 Å².